The zero-order valence-corrected chi connectivity index (χ0v) is 15.4. The molecule has 1 amide bonds. The van der Waals surface area contributed by atoms with Gasteiger partial charge in [0.1, 0.15) is 24.7 Å². The van der Waals surface area contributed by atoms with E-state index in [2.05, 4.69) is 0 Å². The van der Waals surface area contributed by atoms with Gasteiger partial charge in [0.15, 0.2) is 0 Å². The number of hydrogen-bond acceptors (Lipinski definition) is 3. The van der Waals surface area contributed by atoms with E-state index in [0.29, 0.717) is 30.6 Å². The molecule has 138 valence electrons. The van der Waals surface area contributed by atoms with Crippen LogP contribution in [0.25, 0.3) is 0 Å². The van der Waals surface area contributed by atoms with E-state index in [1.54, 1.807) is 0 Å². The van der Waals surface area contributed by atoms with Crippen molar-refractivity contribution in [2.75, 3.05) is 20.3 Å². The minimum absolute atomic E-state index is 0.0384. The number of amides is 1. The summed E-state index contributed by atoms with van der Waals surface area (Å²) < 4.78 is 11.5. The summed E-state index contributed by atoms with van der Waals surface area (Å²) in [5.74, 6) is 1.48. The van der Waals surface area contributed by atoms with E-state index in [-0.39, 0.29) is 5.91 Å². The van der Waals surface area contributed by atoms with E-state index in [1.807, 2.05) is 66.5 Å². The van der Waals surface area contributed by atoms with Crippen molar-refractivity contribution >= 4 is 5.91 Å². The van der Waals surface area contributed by atoms with Gasteiger partial charge in [0.05, 0.1) is 5.56 Å². The van der Waals surface area contributed by atoms with Crippen LogP contribution < -0.4 is 9.47 Å². The van der Waals surface area contributed by atoms with Crippen molar-refractivity contribution in [2.45, 2.75) is 38.1 Å². The highest BCUT2D eigenvalue weighted by molar-refractivity contribution is 5.97. The van der Waals surface area contributed by atoms with Crippen molar-refractivity contribution in [3.63, 3.8) is 0 Å². The van der Waals surface area contributed by atoms with Crippen LogP contribution in [0.5, 0.6) is 11.5 Å². The molecule has 0 saturated heterocycles. The highest BCUT2D eigenvalue weighted by Gasteiger charge is 2.24. The molecule has 0 radical (unpaired) electrons. The van der Waals surface area contributed by atoms with Gasteiger partial charge in [0.2, 0.25) is 0 Å². The second-order valence-corrected chi connectivity index (χ2v) is 6.71. The predicted molar refractivity (Wildman–Crippen MR) is 103 cm³/mol. The number of ether oxygens (including phenoxy) is 2. The standard InChI is InChI=1S/C22H27NO3/c1-23(18-10-4-2-5-11-18)22(24)20-14-8-9-15-21(20)26-17-16-25-19-12-6-3-7-13-19/h3,6-9,12-15,18H,2,4-5,10-11,16-17H2,1H3. The van der Waals surface area contributed by atoms with Crippen LogP contribution >= 0.6 is 0 Å². The lowest BCUT2D eigenvalue weighted by molar-refractivity contribution is 0.0691. The molecule has 0 heterocycles. The van der Waals surface area contributed by atoms with Crippen LogP contribution in [0.3, 0.4) is 0 Å². The van der Waals surface area contributed by atoms with Gasteiger partial charge in [-0.15, -0.1) is 0 Å². The largest absolute Gasteiger partial charge is 0.490 e. The number of nitrogens with zero attached hydrogens (tertiary/aromatic N) is 1. The van der Waals surface area contributed by atoms with Gasteiger partial charge in [-0.2, -0.15) is 0 Å². The highest BCUT2D eigenvalue weighted by Crippen LogP contribution is 2.25. The summed E-state index contributed by atoms with van der Waals surface area (Å²) in [6.45, 7) is 0.831. The Bertz CT molecular complexity index is 696. The third-order valence-electron chi connectivity index (χ3n) is 4.91. The molecule has 0 atom stereocenters. The fourth-order valence-corrected chi connectivity index (χ4v) is 3.42. The van der Waals surface area contributed by atoms with Crippen LogP contribution in [0.1, 0.15) is 42.5 Å². The maximum Gasteiger partial charge on any atom is 0.257 e. The van der Waals surface area contributed by atoms with Crippen LogP contribution in [0.4, 0.5) is 0 Å². The average Bonchev–Trinajstić information content (AvgIpc) is 2.72. The molecule has 4 nitrogen and oxygen atoms in total. The van der Waals surface area contributed by atoms with Crippen molar-refractivity contribution in [1.82, 2.24) is 4.90 Å². The molecule has 1 aliphatic carbocycles. The topological polar surface area (TPSA) is 38.8 Å². The molecule has 0 N–H and O–H groups in total. The van der Waals surface area contributed by atoms with E-state index in [9.17, 15) is 4.79 Å². The molecule has 4 heteroatoms. The number of para-hydroxylation sites is 2. The quantitative estimate of drug-likeness (QED) is 0.686. The van der Waals surface area contributed by atoms with Crippen LogP contribution in [-0.4, -0.2) is 37.1 Å². The monoisotopic (exact) mass is 353 g/mol. The Hall–Kier alpha value is -2.49. The van der Waals surface area contributed by atoms with Crippen LogP contribution in [-0.2, 0) is 0 Å². The molecule has 0 spiro atoms. The van der Waals surface area contributed by atoms with Gasteiger partial charge in [0, 0.05) is 13.1 Å². The molecule has 2 aromatic carbocycles. The van der Waals surface area contributed by atoms with Crippen molar-refractivity contribution in [3.05, 3.63) is 60.2 Å². The minimum atomic E-state index is 0.0384. The summed E-state index contributed by atoms with van der Waals surface area (Å²) in [6.07, 6.45) is 5.88. The number of benzene rings is 2. The molecule has 1 fully saturated rings. The molecule has 0 aliphatic heterocycles. The molecule has 1 saturated carbocycles. The Kier molecular flexibility index (Phi) is 6.53. The van der Waals surface area contributed by atoms with E-state index >= 15 is 0 Å². The number of carbonyl (C=O) groups is 1. The highest BCUT2D eigenvalue weighted by atomic mass is 16.5. The summed E-state index contributed by atoms with van der Waals surface area (Å²) in [4.78, 5) is 14.8. The molecule has 0 unspecified atom stereocenters. The molecule has 0 aromatic heterocycles. The lowest BCUT2D eigenvalue weighted by Crippen LogP contribution is -2.38. The Morgan fingerprint density at radius 1 is 0.923 bits per heavy atom. The third-order valence-corrected chi connectivity index (χ3v) is 4.91. The van der Waals surface area contributed by atoms with Gasteiger partial charge in [0.25, 0.3) is 5.91 Å². The van der Waals surface area contributed by atoms with Crippen molar-refractivity contribution in [3.8, 4) is 11.5 Å². The van der Waals surface area contributed by atoms with E-state index in [4.69, 9.17) is 9.47 Å². The Labute approximate surface area is 155 Å². The Morgan fingerprint density at radius 3 is 2.35 bits per heavy atom. The Balaban J connectivity index is 1.57. The molecular formula is C22H27NO3. The van der Waals surface area contributed by atoms with Crippen molar-refractivity contribution < 1.29 is 14.3 Å². The Morgan fingerprint density at radius 2 is 1.58 bits per heavy atom. The molecule has 1 aliphatic rings. The fraction of sp³-hybridized carbons (Fsp3) is 0.409. The molecule has 26 heavy (non-hydrogen) atoms. The zero-order valence-electron chi connectivity index (χ0n) is 15.4. The van der Waals surface area contributed by atoms with Gasteiger partial charge in [-0.25, -0.2) is 0 Å². The van der Waals surface area contributed by atoms with Crippen molar-refractivity contribution in [1.29, 1.82) is 0 Å². The number of rotatable bonds is 7. The number of carbonyl (C=O) groups excluding carboxylic acids is 1. The second kappa shape index (κ2) is 9.27. The summed E-state index contributed by atoms with van der Waals surface area (Å²) in [5.41, 5.74) is 0.625. The molecule has 2 aromatic rings. The van der Waals surface area contributed by atoms with Crippen LogP contribution in [0.2, 0.25) is 0 Å². The second-order valence-electron chi connectivity index (χ2n) is 6.71. The first-order valence-electron chi connectivity index (χ1n) is 9.42. The number of hydrogen-bond donors (Lipinski definition) is 0. The normalized spacial score (nSPS) is 14.7. The lowest BCUT2D eigenvalue weighted by atomic mass is 9.94. The van der Waals surface area contributed by atoms with E-state index in [1.165, 1.54) is 19.3 Å². The van der Waals surface area contributed by atoms with Gasteiger partial charge in [-0.3, -0.25) is 4.79 Å². The summed E-state index contributed by atoms with van der Waals surface area (Å²) >= 11 is 0. The first-order chi connectivity index (χ1) is 12.8. The average molecular weight is 353 g/mol. The maximum absolute atomic E-state index is 12.9. The first kappa shape index (κ1) is 18.3. The third kappa shape index (κ3) is 4.78. The van der Waals surface area contributed by atoms with Crippen molar-refractivity contribution in [2.24, 2.45) is 0 Å². The van der Waals surface area contributed by atoms with Gasteiger partial charge in [-0.1, -0.05) is 49.6 Å². The molecular weight excluding hydrogens is 326 g/mol. The SMILES string of the molecule is CN(C(=O)c1ccccc1OCCOc1ccccc1)C1CCCCC1. The minimum Gasteiger partial charge on any atom is -0.490 e. The van der Waals surface area contributed by atoms with E-state index < -0.39 is 0 Å². The van der Waals surface area contributed by atoms with Gasteiger partial charge in [-0.05, 0) is 37.1 Å². The van der Waals surface area contributed by atoms with Gasteiger partial charge >= 0.3 is 0 Å². The predicted octanol–water partition coefficient (Wildman–Crippen LogP) is 4.55. The smallest absolute Gasteiger partial charge is 0.257 e. The fourth-order valence-electron chi connectivity index (χ4n) is 3.42. The molecule has 3 rings (SSSR count). The summed E-state index contributed by atoms with van der Waals surface area (Å²) in [6, 6.07) is 17.5. The van der Waals surface area contributed by atoms with Gasteiger partial charge < -0.3 is 14.4 Å². The molecule has 0 bridgehead atoms. The van der Waals surface area contributed by atoms with Crippen LogP contribution in [0, 0.1) is 0 Å². The summed E-state index contributed by atoms with van der Waals surface area (Å²) in [5, 5.41) is 0. The lowest BCUT2D eigenvalue weighted by Gasteiger charge is -2.31. The maximum atomic E-state index is 12.9. The first-order valence-corrected chi connectivity index (χ1v) is 9.42. The summed E-state index contributed by atoms with van der Waals surface area (Å²) in [7, 11) is 1.91. The van der Waals surface area contributed by atoms with E-state index in [0.717, 1.165) is 18.6 Å². The zero-order chi connectivity index (χ0) is 18.2. The van der Waals surface area contributed by atoms with Crippen LogP contribution in [0.15, 0.2) is 54.6 Å².